The highest BCUT2D eigenvalue weighted by Gasteiger charge is 2.19. The molecule has 3 N–H and O–H groups in total. The van der Waals surface area contributed by atoms with E-state index < -0.39 is 12.0 Å². The summed E-state index contributed by atoms with van der Waals surface area (Å²) in [6.07, 6.45) is -0.776. The van der Waals surface area contributed by atoms with Crippen molar-refractivity contribution in [1.82, 2.24) is 10.6 Å². The van der Waals surface area contributed by atoms with Gasteiger partial charge in [0.15, 0.2) is 13.1 Å². The number of nitrogens with one attached hydrogen (secondary N) is 3. The van der Waals surface area contributed by atoms with Gasteiger partial charge in [-0.25, -0.2) is 4.79 Å². The SMILES string of the molecule is CCOC(=O)NC(=O)C[NH+](CC)CC(=O)N[C@@H](C)c1cccc(Cl)c1. The fraction of sp³-hybridized carbons (Fsp3) is 0.471. The third-order valence-electron chi connectivity index (χ3n) is 3.56. The quantitative estimate of drug-likeness (QED) is 0.628. The highest BCUT2D eigenvalue weighted by atomic mass is 35.5. The molecule has 0 saturated carbocycles. The second-order valence-corrected chi connectivity index (χ2v) is 6.01. The predicted octanol–water partition coefficient (Wildman–Crippen LogP) is 0.695. The Hall–Kier alpha value is -2.12. The Balaban J connectivity index is 2.49. The molecule has 0 aromatic heterocycles. The van der Waals surface area contributed by atoms with Gasteiger partial charge in [0, 0.05) is 5.02 Å². The molecule has 0 spiro atoms. The summed E-state index contributed by atoms with van der Waals surface area (Å²) >= 11 is 5.95. The fourth-order valence-corrected chi connectivity index (χ4v) is 2.44. The number of alkyl carbamates (subject to hydrolysis) is 1. The number of quaternary nitrogens is 1. The molecule has 0 aliphatic rings. The minimum Gasteiger partial charge on any atom is -0.450 e. The lowest BCUT2D eigenvalue weighted by atomic mass is 10.1. The maximum absolute atomic E-state index is 12.2. The molecular weight excluding hydrogens is 346 g/mol. The molecule has 3 amide bonds. The maximum Gasteiger partial charge on any atom is 0.414 e. The van der Waals surface area contributed by atoms with Gasteiger partial charge in [-0.05, 0) is 38.5 Å². The van der Waals surface area contributed by atoms with Crippen LogP contribution < -0.4 is 15.5 Å². The van der Waals surface area contributed by atoms with Gasteiger partial charge in [-0.2, -0.15) is 0 Å². The van der Waals surface area contributed by atoms with E-state index >= 15 is 0 Å². The summed E-state index contributed by atoms with van der Waals surface area (Å²) in [6, 6.07) is 7.07. The smallest absolute Gasteiger partial charge is 0.414 e. The molecular formula is C17H25ClN3O4+. The third-order valence-corrected chi connectivity index (χ3v) is 3.80. The summed E-state index contributed by atoms with van der Waals surface area (Å²) in [4.78, 5) is 35.9. The molecule has 138 valence electrons. The van der Waals surface area contributed by atoms with Gasteiger partial charge in [-0.15, -0.1) is 0 Å². The van der Waals surface area contributed by atoms with Crippen molar-refractivity contribution in [3.63, 3.8) is 0 Å². The first kappa shape index (κ1) is 20.9. The van der Waals surface area contributed by atoms with Gasteiger partial charge in [0.2, 0.25) is 0 Å². The molecule has 1 unspecified atom stereocenters. The van der Waals surface area contributed by atoms with Crippen molar-refractivity contribution in [3.05, 3.63) is 34.9 Å². The Morgan fingerprint density at radius 2 is 1.88 bits per heavy atom. The molecule has 0 aliphatic carbocycles. The van der Waals surface area contributed by atoms with Crippen LogP contribution in [0.4, 0.5) is 4.79 Å². The first-order valence-corrected chi connectivity index (χ1v) is 8.58. The van der Waals surface area contributed by atoms with Crippen LogP contribution in [0.15, 0.2) is 24.3 Å². The van der Waals surface area contributed by atoms with E-state index in [4.69, 9.17) is 11.6 Å². The number of rotatable bonds is 8. The third kappa shape index (κ3) is 8.00. The van der Waals surface area contributed by atoms with Crippen LogP contribution in [0.3, 0.4) is 0 Å². The van der Waals surface area contributed by atoms with Gasteiger partial charge in [0.25, 0.3) is 11.8 Å². The van der Waals surface area contributed by atoms with Gasteiger partial charge in [-0.1, -0.05) is 23.7 Å². The van der Waals surface area contributed by atoms with Crippen LogP contribution in [0, 0.1) is 0 Å². The van der Waals surface area contributed by atoms with Crippen LogP contribution in [-0.4, -0.2) is 44.1 Å². The molecule has 7 nitrogen and oxygen atoms in total. The lowest BCUT2D eigenvalue weighted by Gasteiger charge is -2.19. The zero-order chi connectivity index (χ0) is 18.8. The maximum atomic E-state index is 12.2. The van der Waals surface area contributed by atoms with Crippen LogP contribution in [0.2, 0.25) is 5.02 Å². The molecule has 1 aromatic carbocycles. The van der Waals surface area contributed by atoms with Crippen molar-refractivity contribution in [2.75, 3.05) is 26.2 Å². The highest BCUT2D eigenvalue weighted by Crippen LogP contribution is 2.16. The van der Waals surface area contributed by atoms with Crippen molar-refractivity contribution >= 4 is 29.5 Å². The van der Waals surface area contributed by atoms with Crippen LogP contribution in [0.5, 0.6) is 0 Å². The van der Waals surface area contributed by atoms with E-state index in [1.807, 2.05) is 26.0 Å². The number of halogens is 1. The topological polar surface area (TPSA) is 88.9 Å². The summed E-state index contributed by atoms with van der Waals surface area (Å²) in [5.74, 6) is -0.667. The highest BCUT2D eigenvalue weighted by molar-refractivity contribution is 6.30. The first-order valence-electron chi connectivity index (χ1n) is 8.20. The van der Waals surface area contributed by atoms with Crippen molar-refractivity contribution < 1.29 is 24.0 Å². The summed E-state index contributed by atoms with van der Waals surface area (Å²) in [5, 5.41) is 5.61. The standard InChI is InChI=1S/C17H24ClN3O4/c1-4-21(11-16(23)20-17(24)25-5-2)10-15(22)19-12(3)13-7-6-8-14(18)9-13/h6-9,12H,4-5,10-11H2,1-3H3,(H,19,22)(H,20,23,24)/p+1/t12-/m0/s1. The minimum atomic E-state index is -0.776. The first-order chi connectivity index (χ1) is 11.8. The van der Waals surface area contributed by atoms with Gasteiger partial charge in [0.1, 0.15) is 0 Å². The normalized spacial score (nSPS) is 12.8. The zero-order valence-corrected chi connectivity index (χ0v) is 15.5. The summed E-state index contributed by atoms with van der Waals surface area (Å²) < 4.78 is 4.65. The second kappa shape index (κ2) is 10.7. The zero-order valence-electron chi connectivity index (χ0n) is 14.7. The Morgan fingerprint density at radius 1 is 1.20 bits per heavy atom. The van der Waals surface area contributed by atoms with Crippen LogP contribution in [0.25, 0.3) is 0 Å². The van der Waals surface area contributed by atoms with Crippen LogP contribution >= 0.6 is 11.6 Å². The molecule has 0 heterocycles. The van der Waals surface area contributed by atoms with E-state index in [1.54, 1.807) is 19.1 Å². The molecule has 1 aromatic rings. The van der Waals surface area contributed by atoms with Gasteiger partial charge >= 0.3 is 6.09 Å². The van der Waals surface area contributed by atoms with E-state index in [0.29, 0.717) is 11.6 Å². The molecule has 0 saturated heterocycles. The molecule has 0 radical (unpaired) electrons. The number of benzene rings is 1. The average molecular weight is 371 g/mol. The number of ether oxygens (including phenoxy) is 1. The number of hydrogen-bond donors (Lipinski definition) is 3. The van der Waals surface area contributed by atoms with E-state index in [2.05, 4.69) is 15.4 Å². The molecule has 0 bridgehead atoms. The number of carbonyl (C=O) groups excluding carboxylic acids is 3. The monoisotopic (exact) mass is 370 g/mol. The number of carbonyl (C=O) groups is 3. The second-order valence-electron chi connectivity index (χ2n) is 5.57. The molecule has 8 heteroatoms. The predicted molar refractivity (Wildman–Crippen MR) is 94.4 cm³/mol. The summed E-state index contributed by atoms with van der Waals surface area (Å²) in [7, 11) is 0. The van der Waals surface area contributed by atoms with E-state index in [9.17, 15) is 14.4 Å². The van der Waals surface area contributed by atoms with E-state index in [-0.39, 0.29) is 31.6 Å². The largest absolute Gasteiger partial charge is 0.450 e. The molecule has 25 heavy (non-hydrogen) atoms. The number of imide groups is 1. The van der Waals surface area contributed by atoms with Crippen LogP contribution in [0.1, 0.15) is 32.4 Å². The van der Waals surface area contributed by atoms with Gasteiger partial charge in [-0.3, -0.25) is 14.9 Å². The van der Waals surface area contributed by atoms with Crippen molar-refractivity contribution in [3.8, 4) is 0 Å². The van der Waals surface area contributed by atoms with Gasteiger partial charge in [0.05, 0.1) is 19.2 Å². The van der Waals surface area contributed by atoms with Crippen molar-refractivity contribution in [2.24, 2.45) is 0 Å². The summed E-state index contributed by atoms with van der Waals surface area (Å²) in [5.41, 5.74) is 0.902. The number of hydrogen-bond acceptors (Lipinski definition) is 4. The molecule has 1 rings (SSSR count). The van der Waals surface area contributed by atoms with Gasteiger partial charge < -0.3 is 15.0 Å². The van der Waals surface area contributed by atoms with E-state index in [1.165, 1.54) is 0 Å². The number of amides is 3. The Bertz CT molecular complexity index is 609. The average Bonchev–Trinajstić information content (AvgIpc) is 2.54. The van der Waals surface area contributed by atoms with Crippen LogP contribution in [-0.2, 0) is 14.3 Å². The minimum absolute atomic E-state index is 0.00821. The Kier molecular flexibility index (Phi) is 8.94. The molecule has 0 aliphatic heterocycles. The summed E-state index contributed by atoms with van der Waals surface area (Å²) in [6.45, 7) is 6.26. The van der Waals surface area contributed by atoms with E-state index in [0.717, 1.165) is 10.5 Å². The molecule has 2 atom stereocenters. The lowest BCUT2D eigenvalue weighted by molar-refractivity contribution is -0.881. The van der Waals surface area contributed by atoms with Crippen molar-refractivity contribution in [2.45, 2.75) is 26.8 Å². The lowest BCUT2D eigenvalue weighted by Crippen LogP contribution is -3.14. The fourth-order valence-electron chi connectivity index (χ4n) is 2.24. The number of likely N-dealkylation sites (N-methyl/N-ethyl adjacent to an activating group) is 1. The Labute approximate surface area is 152 Å². The Morgan fingerprint density at radius 3 is 2.48 bits per heavy atom. The molecule has 0 fully saturated rings. The van der Waals surface area contributed by atoms with Crippen molar-refractivity contribution in [1.29, 1.82) is 0 Å².